The van der Waals surface area contributed by atoms with Gasteiger partial charge in [0.1, 0.15) is 5.82 Å². The minimum atomic E-state index is -1.04. The molecule has 9 heteroatoms. The van der Waals surface area contributed by atoms with E-state index in [0.717, 1.165) is 18.2 Å². The van der Waals surface area contributed by atoms with Gasteiger partial charge in [-0.15, -0.1) is 0 Å². The topological polar surface area (TPSA) is 78.7 Å². The summed E-state index contributed by atoms with van der Waals surface area (Å²) in [5.41, 5.74) is -0.574. The summed E-state index contributed by atoms with van der Waals surface area (Å²) in [5, 5.41) is 10.8. The maximum Gasteiger partial charge on any atom is 0.349 e. The van der Waals surface area contributed by atoms with Gasteiger partial charge in [-0.05, 0) is 24.3 Å². The molecule has 6 nitrogen and oxygen atoms in total. The molecule has 0 aliphatic rings. The van der Waals surface area contributed by atoms with Crippen molar-refractivity contribution >= 4 is 27.6 Å². The third-order valence-electron chi connectivity index (χ3n) is 2.58. The molecule has 0 saturated carbocycles. The van der Waals surface area contributed by atoms with Gasteiger partial charge in [0.05, 0.1) is 4.92 Å². The molecule has 0 unspecified atom stereocenters. The Morgan fingerprint density at radius 3 is 2.57 bits per heavy atom. The van der Waals surface area contributed by atoms with E-state index in [0.29, 0.717) is 10.5 Å². The Morgan fingerprint density at radius 2 is 1.91 bits per heavy atom. The van der Waals surface area contributed by atoms with Crippen molar-refractivity contribution in [2.45, 2.75) is 0 Å². The van der Waals surface area contributed by atoms with Gasteiger partial charge in [-0.3, -0.25) is 10.1 Å². The third kappa shape index (κ3) is 4.46. The van der Waals surface area contributed by atoms with Gasteiger partial charge < -0.3 is 9.47 Å². The standard InChI is InChI=1S/C14H8BrF2NO5/c15-8-1-4-12(10(17)5-8)22-7-14(19)23-13-6-9(16)2-3-11(13)18(20)21/h1-6H,7H2. The fourth-order valence-electron chi connectivity index (χ4n) is 1.60. The zero-order chi connectivity index (χ0) is 17.0. The van der Waals surface area contributed by atoms with Gasteiger partial charge in [-0.2, -0.15) is 0 Å². The van der Waals surface area contributed by atoms with E-state index in [2.05, 4.69) is 15.9 Å². The molecule has 0 fully saturated rings. The van der Waals surface area contributed by atoms with Gasteiger partial charge in [0.2, 0.25) is 5.75 Å². The number of ether oxygens (including phenoxy) is 2. The molecule has 0 heterocycles. The number of hydrogen-bond donors (Lipinski definition) is 0. The molecule has 0 radical (unpaired) electrons. The lowest BCUT2D eigenvalue weighted by Crippen LogP contribution is -2.18. The summed E-state index contributed by atoms with van der Waals surface area (Å²) in [6.45, 7) is -0.702. The summed E-state index contributed by atoms with van der Waals surface area (Å²) in [6, 6.07) is 6.36. The number of halogens is 3. The van der Waals surface area contributed by atoms with Crippen molar-refractivity contribution in [3.8, 4) is 11.5 Å². The summed E-state index contributed by atoms with van der Waals surface area (Å²) >= 11 is 3.06. The molecular formula is C14H8BrF2NO5. The predicted molar refractivity (Wildman–Crippen MR) is 78.3 cm³/mol. The minimum absolute atomic E-state index is 0.195. The SMILES string of the molecule is O=C(COc1ccc(Br)cc1F)Oc1cc(F)ccc1[N+](=O)[O-]. The maximum absolute atomic E-state index is 13.5. The van der Waals surface area contributed by atoms with Crippen LogP contribution in [0.3, 0.4) is 0 Å². The molecule has 0 saturated heterocycles. The number of nitrogens with zero attached hydrogens (tertiary/aromatic N) is 1. The van der Waals surface area contributed by atoms with Crippen LogP contribution in [-0.4, -0.2) is 17.5 Å². The Labute approximate surface area is 136 Å². The summed E-state index contributed by atoms with van der Waals surface area (Å²) in [6.07, 6.45) is 0. The molecule has 0 N–H and O–H groups in total. The van der Waals surface area contributed by atoms with Crippen molar-refractivity contribution in [1.82, 2.24) is 0 Å². The van der Waals surface area contributed by atoms with Crippen molar-refractivity contribution < 1.29 is 28.0 Å². The van der Waals surface area contributed by atoms with E-state index < -0.39 is 40.6 Å². The van der Waals surface area contributed by atoms with Crippen LogP contribution < -0.4 is 9.47 Å². The lowest BCUT2D eigenvalue weighted by Gasteiger charge is -2.08. The van der Waals surface area contributed by atoms with E-state index >= 15 is 0 Å². The van der Waals surface area contributed by atoms with Crippen LogP contribution in [-0.2, 0) is 4.79 Å². The number of esters is 1. The lowest BCUT2D eigenvalue weighted by atomic mass is 10.3. The number of nitro groups is 1. The smallest absolute Gasteiger partial charge is 0.349 e. The third-order valence-corrected chi connectivity index (χ3v) is 3.08. The number of hydrogen-bond acceptors (Lipinski definition) is 5. The van der Waals surface area contributed by atoms with Crippen LogP contribution in [0.2, 0.25) is 0 Å². The first-order valence-corrected chi connectivity index (χ1v) is 6.88. The summed E-state index contributed by atoms with van der Waals surface area (Å²) in [5.74, 6) is -3.30. The second-order valence-electron chi connectivity index (χ2n) is 4.21. The zero-order valence-electron chi connectivity index (χ0n) is 11.3. The van der Waals surface area contributed by atoms with E-state index in [4.69, 9.17) is 9.47 Å². The zero-order valence-corrected chi connectivity index (χ0v) is 12.9. The quantitative estimate of drug-likeness (QED) is 0.338. The number of carbonyl (C=O) groups excluding carboxylic acids is 1. The molecule has 0 spiro atoms. The first-order chi connectivity index (χ1) is 10.9. The fourth-order valence-corrected chi connectivity index (χ4v) is 1.93. The Kier molecular flexibility index (Phi) is 5.22. The minimum Gasteiger partial charge on any atom is -0.479 e. The van der Waals surface area contributed by atoms with Crippen LogP contribution in [0.4, 0.5) is 14.5 Å². The Balaban J connectivity index is 2.05. The Morgan fingerprint density at radius 1 is 1.17 bits per heavy atom. The van der Waals surface area contributed by atoms with Crippen LogP contribution in [0.25, 0.3) is 0 Å². The first kappa shape index (κ1) is 16.8. The van der Waals surface area contributed by atoms with Crippen LogP contribution in [0, 0.1) is 21.7 Å². The second-order valence-corrected chi connectivity index (χ2v) is 5.12. The fraction of sp³-hybridized carbons (Fsp3) is 0.0714. The lowest BCUT2D eigenvalue weighted by molar-refractivity contribution is -0.385. The van der Waals surface area contributed by atoms with Gasteiger partial charge >= 0.3 is 11.7 Å². The number of nitro benzene ring substituents is 1. The average Bonchev–Trinajstić information content (AvgIpc) is 2.46. The average molecular weight is 388 g/mol. The predicted octanol–water partition coefficient (Wildman–Crippen LogP) is 3.62. The number of carbonyl (C=O) groups is 1. The van der Waals surface area contributed by atoms with Gasteiger partial charge in [0, 0.05) is 16.6 Å². The van der Waals surface area contributed by atoms with Crippen LogP contribution in [0.15, 0.2) is 40.9 Å². The second kappa shape index (κ2) is 7.14. The Bertz CT molecular complexity index is 769. The van der Waals surface area contributed by atoms with Crippen molar-refractivity contribution in [3.05, 3.63) is 62.6 Å². The molecule has 0 aliphatic carbocycles. The molecule has 0 aromatic heterocycles. The number of rotatable bonds is 5. The van der Waals surface area contributed by atoms with Crippen molar-refractivity contribution in [2.24, 2.45) is 0 Å². The number of benzene rings is 2. The normalized spacial score (nSPS) is 10.2. The van der Waals surface area contributed by atoms with Gasteiger partial charge in [-0.1, -0.05) is 15.9 Å². The maximum atomic E-state index is 13.5. The highest BCUT2D eigenvalue weighted by molar-refractivity contribution is 9.10. The Hall–Kier alpha value is -2.55. The molecule has 0 amide bonds. The van der Waals surface area contributed by atoms with E-state index in [9.17, 15) is 23.7 Å². The van der Waals surface area contributed by atoms with Crippen LogP contribution >= 0.6 is 15.9 Å². The summed E-state index contributed by atoms with van der Waals surface area (Å²) in [4.78, 5) is 21.6. The monoisotopic (exact) mass is 387 g/mol. The van der Waals surface area contributed by atoms with E-state index in [1.54, 1.807) is 0 Å². The molecule has 0 atom stereocenters. The molecule has 120 valence electrons. The molecule has 23 heavy (non-hydrogen) atoms. The van der Waals surface area contributed by atoms with E-state index in [1.807, 2.05) is 0 Å². The molecule has 0 bridgehead atoms. The highest BCUT2D eigenvalue weighted by Gasteiger charge is 2.19. The van der Waals surface area contributed by atoms with Crippen LogP contribution in [0.5, 0.6) is 11.5 Å². The summed E-state index contributed by atoms with van der Waals surface area (Å²) in [7, 11) is 0. The first-order valence-electron chi connectivity index (χ1n) is 6.09. The van der Waals surface area contributed by atoms with E-state index in [1.165, 1.54) is 12.1 Å². The van der Waals surface area contributed by atoms with Gasteiger partial charge in [0.15, 0.2) is 18.2 Å². The highest BCUT2D eigenvalue weighted by Crippen LogP contribution is 2.27. The highest BCUT2D eigenvalue weighted by atomic mass is 79.9. The van der Waals surface area contributed by atoms with Crippen LogP contribution in [0.1, 0.15) is 0 Å². The van der Waals surface area contributed by atoms with Crippen molar-refractivity contribution in [3.63, 3.8) is 0 Å². The molecule has 2 aromatic rings. The van der Waals surface area contributed by atoms with Crippen molar-refractivity contribution in [2.75, 3.05) is 6.61 Å². The van der Waals surface area contributed by atoms with E-state index in [-0.39, 0.29) is 5.75 Å². The largest absolute Gasteiger partial charge is 0.479 e. The van der Waals surface area contributed by atoms with Gasteiger partial charge in [-0.25, -0.2) is 13.6 Å². The van der Waals surface area contributed by atoms with Gasteiger partial charge in [0.25, 0.3) is 0 Å². The molecule has 2 aromatic carbocycles. The molecule has 2 rings (SSSR count). The molecule has 0 aliphatic heterocycles. The summed E-state index contributed by atoms with van der Waals surface area (Å²) < 4.78 is 36.7. The molecular weight excluding hydrogens is 380 g/mol. The van der Waals surface area contributed by atoms with Crippen molar-refractivity contribution in [1.29, 1.82) is 0 Å².